The van der Waals surface area contributed by atoms with Gasteiger partial charge in [-0.15, -0.1) is 0 Å². The third-order valence-electron chi connectivity index (χ3n) is 5.68. The zero-order valence-electron chi connectivity index (χ0n) is 18.9. The summed E-state index contributed by atoms with van der Waals surface area (Å²) in [5.41, 5.74) is 3.60. The average molecular weight is 451 g/mol. The van der Waals surface area contributed by atoms with Crippen LogP contribution in [-0.4, -0.2) is 32.3 Å². The molecule has 0 bridgehead atoms. The van der Waals surface area contributed by atoms with Gasteiger partial charge in [0, 0.05) is 12.8 Å². The fourth-order valence-corrected chi connectivity index (χ4v) is 3.77. The van der Waals surface area contributed by atoms with Gasteiger partial charge in [0.1, 0.15) is 17.6 Å². The summed E-state index contributed by atoms with van der Waals surface area (Å²) in [6, 6.07) is 15.2. The molecule has 0 aliphatic rings. The molecule has 0 aliphatic carbocycles. The van der Waals surface area contributed by atoms with Crippen molar-refractivity contribution < 1.29 is 30.0 Å². The Morgan fingerprint density at radius 2 is 1.33 bits per heavy atom. The van der Waals surface area contributed by atoms with Crippen LogP contribution in [0.5, 0.6) is 28.7 Å². The first-order valence-electron chi connectivity index (χ1n) is 11.0. The summed E-state index contributed by atoms with van der Waals surface area (Å²) >= 11 is 0. The first-order chi connectivity index (χ1) is 15.7. The zero-order valence-corrected chi connectivity index (χ0v) is 18.9. The standard InChI is InChI=1S/C27H30O6/c1-17-4-3-5-18(2)27(17)33-22(11-7-20-9-13-24(30)26(32)15-20)16-21(28)10-6-19-8-12-23(29)25(31)14-19/h3-5,8-9,12-15,22,29-32H,6-7,10-11,16H2,1-2H3. The zero-order chi connectivity index (χ0) is 24.0. The number of phenols is 4. The summed E-state index contributed by atoms with van der Waals surface area (Å²) < 4.78 is 6.30. The van der Waals surface area contributed by atoms with E-state index in [2.05, 4.69) is 0 Å². The third kappa shape index (κ3) is 6.65. The quantitative estimate of drug-likeness (QED) is 0.320. The van der Waals surface area contributed by atoms with Crippen LogP contribution in [0.3, 0.4) is 0 Å². The molecule has 1 unspecified atom stereocenters. The second-order valence-corrected chi connectivity index (χ2v) is 8.39. The molecule has 6 heteroatoms. The van der Waals surface area contributed by atoms with Crippen molar-refractivity contribution in [3.63, 3.8) is 0 Å². The number of rotatable bonds is 10. The van der Waals surface area contributed by atoms with Gasteiger partial charge in [0.25, 0.3) is 0 Å². The maximum Gasteiger partial charge on any atom is 0.157 e. The second kappa shape index (κ2) is 10.8. The minimum atomic E-state index is -0.360. The fourth-order valence-electron chi connectivity index (χ4n) is 3.77. The number of aromatic hydroxyl groups is 4. The molecule has 3 rings (SSSR count). The number of carbonyl (C=O) groups is 1. The van der Waals surface area contributed by atoms with Crippen LogP contribution in [0.4, 0.5) is 0 Å². The van der Waals surface area contributed by atoms with Crippen molar-refractivity contribution in [3.05, 3.63) is 76.9 Å². The Bertz CT molecular complexity index is 1100. The molecular weight excluding hydrogens is 420 g/mol. The van der Waals surface area contributed by atoms with Crippen molar-refractivity contribution >= 4 is 5.78 Å². The lowest BCUT2D eigenvalue weighted by Crippen LogP contribution is -2.23. The normalized spacial score (nSPS) is 11.8. The molecule has 0 radical (unpaired) electrons. The van der Waals surface area contributed by atoms with Gasteiger partial charge in [0.15, 0.2) is 23.0 Å². The number of hydrogen-bond donors (Lipinski definition) is 4. The molecule has 33 heavy (non-hydrogen) atoms. The molecule has 0 aliphatic heterocycles. The van der Waals surface area contributed by atoms with E-state index in [1.54, 1.807) is 12.1 Å². The summed E-state index contributed by atoms with van der Waals surface area (Å²) in [7, 11) is 0. The van der Waals surface area contributed by atoms with Gasteiger partial charge in [-0.2, -0.15) is 0 Å². The van der Waals surface area contributed by atoms with Gasteiger partial charge in [-0.1, -0.05) is 30.3 Å². The summed E-state index contributed by atoms with van der Waals surface area (Å²) in [4.78, 5) is 12.8. The van der Waals surface area contributed by atoms with Crippen LogP contribution < -0.4 is 4.74 Å². The summed E-state index contributed by atoms with van der Waals surface area (Å²) in [6.07, 6.45) is 1.74. The van der Waals surface area contributed by atoms with E-state index in [-0.39, 0.29) is 47.7 Å². The first-order valence-corrected chi connectivity index (χ1v) is 11.0. The molecule has 4 N–H and O–H groups in total. The Balaban J connectivity index is 1.68. The number of ether oxygens (including phenoxy) is 1. The second-order valence-electron chi connectivity index (χ2n) is 8.39. The van der Waals surface area contributed by atoms with Gasteiger partial charge in [-0.05, 0) is 79.6 Å². The molecule has 0 saturated heterocycles. The van der Waals surface area contributed by atoms with E-state index in [0.717, 1.165) is 28.0 Å². The van der Waals surface area contributed by atoms with Crippen molar-refractivity contribution in [3.8, 4) is 28.7 Å². The van der Waals surface area contributed by atoms with Gasteiger partial charge < -0.3 is 25.2 Å². The number of para-hydroxylation sites is 1. The van der Waals surface area contributed by atoms with Crippen LogP contribution in [0.15, 0.2) is 54.6 Å². The number of hydrogen-bond acceptors (Lipinski definition) is 6. The number of Topliss-reactive ketones (excluding diaryl/α,β-unsaturated/α-hetero) is 1. The Morgan fingerprint density at radius 1 is 0.788 bits per heavy atom. The number of aryl methyl sites for hydroxylation is 4. The van der Waals surface area contributed by atoms with E-state index in [1.165, 1.54) is 24.3 Å². The first kappa shape index (κ1) is 24.0. The lowest BCUT2D eigenvalue weighted by atomic mass is 9.99. The van der Waals surface area contributed by atoms with E-state index in [4.69, 9.17) is 4.74 Å². The van der Waals surface area contributed by atoms with Crippen molar-refractivity contribution in [2.45, 2.75) is 52.1 Å². The Hall–Kier alpha value is -3.67. The minimum Gasteiger partial charge on any atom is -0.504 e. The summed E-state index contributed by atoms with van der Waals surface area (Å²) in [6.45, 7) is 3.94. The van der Waals surface area contributed by atoms with Crippen LogP contribution in [0.25, 0.3) is 0 Å². The maximum absolute atomic E-state index is 12.8. The topological polar surface area (TPSA) is 107 Å². The van der Waals surface area contributed by atoms with Gasteiger partial charge in [-0.25, -0.2) is 0 Å². The highest BCUT2D eigenvalue weighted by molar-refractivity contribution is 5.79. The van der Waals surface area contributed by atoms with Crippen molar-refractivity contribution in [2.24, 2.45) is 0 Å². The molecule has 0 saturated carbocycles. The number of ketones is 1. The monoisotopic (exact) mass is 450 g/mol. The molecule has 0 fully saturated rings. The van der Waals surface area contributed by atoms with Gasteiger partial charge in [0.2, 0.25) is 0 Å². The predicted octanol–water partition coefficient (Wildman–Crippen LogP) is 5.10. The molecule has 1 atom stereocenters. The molecule has 6 nitrogen and oxygen atoms in total. The molecule has 174 valence electrons. The van der Waals surface area contributed by atoms with E-state index in [9.17, 15) is 25.2 Å². The highest BCUT2D eigenvalue weighted by atomic mass is 16.5. The van der Waals surface area contributed by atoms with Crippen LogP contribution in [0, 0.1) is 13.8 Å². The van der Waals surface area contributed by atoms with Crippen LogP contribution in [0.2, 0.25) is 0 Å². The van der Waals surface area contributed by atoms with Gasteiger partial charge >= 0.3 is 0 Å². The van der Waals surface area contributed by atoms with E-state index < -0.39 is 0 Å². The predicted molar refractivity (Wildman–Crippen MR) is 126 cm³/mol. The molecular formula is C27H30O6. The third-order valence-corrected chi connectivity index (χ3v) is 5.68. The SMILES string of the molecule is Cc1cccc(C)c1OC(CCc1ccc(O)c(O)c1)CC(=O)CCc1ccc(O)c(O)c1. The largest absolute Gasteiger partial charge is 0.504 e. The summed E-state index contributed by atoms with van der Waals surface area (Å²) in [5, 5.41) is 38.4. The molecule has 0 amide bonds. The lowest BCUT2D eigenvalue weighted by Gasteiger charge is -2.22. The summed E-state index contributed by atoms with van der Waals surface area (Å²) in [5.74, 6) is 0.0749. The molecule has 0 heterocycles. The molecule has 3 aromatic rings. The molecule has 3 aromatic carbocycles. The smallest absolute Gasteiger partial charge is 0.157 e. The molecule has 0 aromatic heterocycles. The fraction of sp³-hybridized carbons (Fsp3) is 0.296. The number of carbonyl (C=O) groups excluding carboxylic acids is 1. The van der Waals surface area contributed by atoms with Crippen molar-refractivity contribution in [1.29, 1.82) is 0 Å². The van der Waals surface area contributed by atoms with E-state index in [1.807, 2.05) is 32.0 Å². The minimum absolute atomic E-state index is 0.0346. The van der Waals surface area contributed by atoms with Crippen LogP contribution in [0.1, 0.15) is 41.5 Å². The maximum atomic E-state index is 12.8. The van der Waals surface area contributed by atoms with E-state index in [0.29, 0.717) is 19.3 Å². The number of phenolic OH excluding ortho intramolecular Hbond substituents is 4. The average Bonchev–Trinajstić information content (AvgIpc) is 2.77. The van der Waals surface area contributed by atoms with Gasteiger partial charge in [0.05, 0.1) is 0 Å². The Morgan fingerprint density at radius 3 is 1.88 bits per heavy atom. The van der Waals surface area contributed by atoms with Gasteiger partial charge in [-0.3, -0.25) is 4.79 Å². The van der Waals surface area contributed by atoms with Crippen LogP contribution in [-0.2, 0) is 17.6 Å². The highest BCUT2D eigenvalue weighted by Gasteiger charge is 2.18. The van der Waals surface area contributed by atoms with Crippen molar-refractivity contribution in [1.82, 2.24) is 0 Å². The Labute approximate surface area is 193 Å². The Kier molecular flexibility index (Phi) is 7.83. The lowest BCUT2D eigenvalue weighted by molar-refractivity contribution is -0.120. The van der Waals surface area contributed by atoms with E-state index >= 15 is 0 Å². The van der Waals surface area contributed by atoms with Crippen molar-refractivity contribution in [2.75, 3.05) is 0 Å². The van der Waals surface area contributed by atoms with Crippen LogP contribution >= 0.6 is 0 Å². The highest BCUT2D eigenvalue weighted by Crippen LogP contribution is 2.29. The molecule has 0 spiro atoms. The number of benzene rings is 3.